The molecule has 1 atom stereocenters. The fourth-order valence-electron chi connectivity index (χ4n) is 2.86. The first kappa shape index (κ1) is 16.6. The van der Waals surface area contributed by atoms with Gasteiger partial charge in [-0.3, -0.25) is 14.2 Å². The summed E-state index contributed by atoms with van der Waals surface area (Å²) in [6, 6.07) is 7.16. The second kappa shape index (κ2) is 7.55. The summed E-state index contributed by atoms with van der Waals surface area (Å²) in [5.74, 6) is -0.0967. The molecule has 0 aliphatic carbocycles. The molecule has 7 heteroatoms. The molecule has 0 spiro atoms. The fourth-order valence-corrected chi connectivity index (χ4v) is 2.86. The quantitative estimate of drug-likeness (QED) is 0.868. The molecule has 1 amide bonds. The van der Waals surface area contributed by atoms with Crippen LogP contribution in [0.15, 0.2) is 35.4 Å². The van der Waals surface area contributed by atoms with Gasteiger partial charge in [-0.05, 0) is 12.1 Å². The number of aliphatic hydroxyl groups excluding tert-OH is 1. The molecular formula is C17H21N3O4. The standard InChI is InChI=1S/C17H21N3O4/c21-10-13-9-19(7-8-24-11-13)16(22)5-6-20-12-18-15-4-2-1-3-14(15)17(20)23/h1-4,12-13,21H,5-11H2/t13-/m0/s1. The van der Waals surface area contributed by atoms with Crippen LogP contribution in [-0.2, 0) is 16.1 Å². The van der Waals surface area contributed by atoms with E-state index >= 15 is 0 Å². The number of aliphatic hydroxyl groups is 1. The van der Waals surface area contributed by atoms with Crippen molar-refractivity contribution in [3.8, 4) is 0 Å². The summed E-state index contributed by atoms with van der Waals surface area (Å²) >= 11 is 0. The van der Waals surface area contributed by atoms with Gasteiger partial charge in [0.2, 0.25) is 5.91 Å². The van der Waals surface area contributed by atoms with Crippen LogP contribution < -0.4 is 5.56 Å². The molecule has 0 saturated carbocycles. The highest BCUT2D eigenvalue weighted by Crippen LogP contribution is 2.09. The topological polar surface area (TPSA) is 84.7 Å². The average Bonchev–Trinajstić information content (AvgIpc) is 2.87. The summed E-state index contributed by atoms with van der Waals surface area (Å²) in [5, 5.41) is 9.84. The Kier molecular flexibility index (Phi) is 5.22. The largest absolute Gasteiger partial charge is 0.396 e. The molecule has 1 aromatic carbocycles. The van der Waals surface area contributed by atoms with Gasteiger partial charge in [0.1, 0.15) is 0 Å². The number of nitrogens with zero attached hydrogens (tertiary/aromatic N) is 3. The Hall–Kier alpha value is -2.25. The Morgan fingerprint density at radius 1 is 1.38 bits per heavy atom. The highest BCUT2D eigenvalue weighted by atomic mass is 16.5. The van der Waals surface area contributed by atoms with Gasteiger partial charge in [0, 0.05) is 38.6 Å². The van der Waals surface area contributed by atoms with Crippen molar-refractivity contribution in [2.45, 2.75) is 13.0 Å². The van der Waals surface area contributed by atoms with Crippen LogP contribution in [0.3, 0.4) is 0 Å². The third-order valence-electron chi connectivity index (χ3n) is 4.25. The number of fused-ring (bicyclic) bond motifs is 1. The highest BCUT2D eigenvalue weighted by Gasteiger charge is 2.21. The summed E-state index contributed by atoms with van der Waals surface area (Å²) < 4.78 is 6.86. The number of hydrogen-bond acceptors (Lipinski definition) is 5. The van der Waals surface area contributed by atoms with Gasteiger partial charge >= 0.3 is 0 Å². The van der Waals surface area contributed by atoms with Crippen LogP contribution in [0.2, 0.25) is 0 Å². The zero-order valence-electron chi connectivity index (χ0n) is 13.4. The maximum absolute atomic E-state index is 12.4. The summed E-state index contributed by atoms with van der Waals surface area (Å²) in [7, 11) is 0. The first-order chi connectivity index (χ1) is 11.7. The summed E-state index contributed by atoms with van der Waals surface area (Å²) in [6.45, 7) is 2.23. The number of ether oxygens (including phenoxy) is 1. The van der Waals surface area contributed by atoms with Crippen molar-refractivity contribution in [3.63, 3.8) is 0 Å². The van der Waals surface area contributed by atoms with Crippen LogP contribution in [0.4, 0.5) is 0 Å². The molecule has 1 aliphatic heterocycles. The number of carbonyl (C=O) groups excluding carboxylic acids is 1. The fraction of sp³-hybridized carbons (Fsp3) is 0.471. The third-order valence-corrected chi connectivity index (χ3v) is 4.25. The Balaban J connectivity index is 1.68. The molecule has 0 unspecified atom stereocenters. The molecule has 1 saturated heterocycles. The second-order valence-corrected chi connectivity index (χ2v) is 5.97. The van der Waals surface area contributed by atoms with Crippen LogP contribution in [0.1, 0.15) is 6.42 Å². The zero-order valence-corrected chi connectivity index (χ0v) is 13.4. The van der Waals surface area contributed by atoms with Crippen molar-refractivity contribution in [1.82, 2.24) is 14.5 Å². The van der Waals surface area contributed by atoms with E-state index in [0.29, 0.717) is 37.2 Å². The molecule has 1 N–H and O–H groups in total. The van der Waals surface area contributed by atoms with Gasteiger partial charge in [-0.2, -0.15) is 0 Å². The van der Waals surface area contributed by atoms with E-state index in [-0.39, 0.29) is 37.0 Å². The number of amides is 1. The molecule has 7 nitrogen and oxygen atoms in total. The maximum Gasteiger partial charge on any atom is 0.261 e. The Morgan fingerprint density at radius 3 is 3.04 bits per heavy atom. The normalized spacial score (nSPS) is 18.5. The Morgan fingerprint density at radius 2 is 2.21 bits per heavy atom. The first-order valence-corrected chi connectivity index (χ1v) is 8.09. The molecule has 1 aliphatic rings. The lowest BCUT2D eigenvalue weighted by molar-refractivity contribution is -0.131. The van der Waals surface area contributed by atoms with Gasteiger partial charge in [0.25, 0.3) is 5.56 Å². The van der Waals surface area contributed by atoms with Crippen molar-refractivity contribution in [2.24, 2.45) is 5.92 Å². The summed E-state index contributed by atoms with van der Waals surface area (Å²) in [4.78, 5) is 30.8. The molecule has 2 aromatic rings. The minimum Gasteiger partial charge on any atom is -0.396 e. The predicted molar refractivity (Wildman–Crippen MR) is 88.6 cm³/mol. The van der Waals surface area contributed by atoms with E-state index < -0.39 is 0 Å². The molecule has 1 aromatic heterocycles. The molecular weight excluding hydrogens is 310 g/mol. The molecule has 1 fully saturated rings. The van der Waals surface area contributed by atoms with Crippen LogP contribution in [-0.4, -0.2) is 58.4 Å². The number of carbonyl (C=O) groups is 1. The van der Waals surface area contributed by atoms with Crippen molar-refractivity contribution < 1.29 is 14.6 Å². The third kappa shape index (κ3) is 3.63. The van der Waals surface area contributed by atoms with Crippen molar-refractivity contribution in [2.75, 3.05) is 32.9 Å². The minimum atomic E-state index is -0.138. The highest BCUT2D eigenvalue weighted by molar-refractivity contribution is 5.77. The lowest BCUT2D eigenvalue weighted by Crippen LogP contribution is -2.37. The van der Waals surface area contributed by atoms with Crippen LogP contribution >= 0.6 is 0 Å². The lowest BCUT2D eigenvalue weighted by atomic mass is 10.1. The summed E-state index contributed by atoms with van der Waals surface area (Å²) in [5.41, 5.74) is 0.515. The lowest BCUT2D eigenvalue weighted by Gasteiger charge is -2.22. The van der Waals surface area contributed by atoms with Crippen molar-refractivity contribution in [1.29, 1.82) is 0 Å². The van der Waals surface area contributed by atoms with Crippen molar-refractivity contribution >= 4 is 16.8 Å². The second-order valence-electron chi connectivity index (χ2n) is 5.97. The molecule has 128 valence electrons. The molecule has 3 rings (SSSR count). The number of aromatic nitrogens is 2. The molecule has 24 heavy (non-hydrogen) atoms. The first-order valence-electron chi connectivity index (χ1n) is 8.09. The van der Waals surface area contributed by atoms with E-state index in [1.54, 1.807) is 23.1 Å². The van der Waals surface area contributed by atoms with Gasteiger partial charge in [-0.15, -0.1) is 0 Å². The maximum atomic E-state index is 12.4. The van der Waals surface area contributed by atoms with Gasteiger partial charge in [0.15, 0.2) is 0 Å². The van der Waals surface area contributed by atoms with Gasteiger partial charge < -0.3 is 14.7 Å². The van der Waals surface area contributed by atoms with Crippen LogP contribution in [0.5, 0.6) is 0 Å². The molecule has 0 bridgehead atoms. The smallest absolute Gasteiger partial charge is 0.261 e. The monoisotopic (exact) mass is 331 g/mol. The van der Waals surface area contributed by atoms with E-state index in [4.69, 9.17) is 4.74 Å². The van der Waals surface area contributed by atoms with E-state index in [2.05, 4.69) is 4.98 Å². The number of para-hydroxylation sites is 1. The SMILES string of the molecule is O=C(CCn1cnc2ccccc2c1=O)N1CCOC[C@H](CO)C1. The van der Waals surface area contributed by atoms with E-state index in [0.717, 1.165) is 0 Å². The minimum absolute atomic E-state index is 0.00215. The summed E-state index contributed by atoms with van der Waals surface area (Å²) in [6.07, 6.45) is 1.71. The molecule has 2 heterocycles. The van der Waals surface area contributed by atoms with E-state index in [1.165, 1.54) is 10.9 Å². The van der Waals surface area contributed by atoms with Gasteiger partial charge in [0.05, 0.1) is 30.4 Å². The number of rotatable bonds is 4. The number of aryl methyl sites for hydroxylation is 1. The Labute approximate surface area is 139 Å². The van der Waals surface area contributed by atoms with Gasteiger partial charge in [-0.1, -0.05) is 12.1 Å². The van der Waals surface area contributed by atoms with E-state index in [9.17, 15) is 14.7 Å². The Bertz CT molecular complexity index is 774. The number of benzene rings is 1. The zero-order chi connectivity index (χ0) is 16.9. The van der Waals surface area contributed by atoms with E-state index in [1.807, 2.05) is 6.07 Å². The average molecular weight is 331 g/mol. The van der Waals surface area contributed by atoms with Crippen LogP contribution in [0, 0.1) is 5.92 Å². The predicted octanol–water partition coefficient (Wildman–Crippen LogP) is 0.254. The van der Waals surface area contributed by atoms with Crippen LogP contribution in [0.25, 0.3) is 10.9 Å². The van der Waals surface area contributed by atoms with Crippen molar-refractivity contribution in [3.05, 3.63) is 40.9 Å². The number of hydrogen-bond donors (Lipinski definition) is 1. The van der Waals surface area contributed by atoms with Gasteiger partial charge in [-0.25, -0.2) is 4.98 Å². The molecule has 0 radical (unpaired) electrons.